The molecule has 1 atom stereocenters. The van der Waals surface area contributed by atoms with Crippen LogP contribution in [0.25, 0.3) is 10.9 Å². The maximum Gasteiger partial charge on any atom is 0.269 e. The molecular weight excluding hydrogens is 404 g/mol. The number of rotatable bonds is 8. The number of pyridine rings is 1. The van der Waals surface area contributed by atoms with E-state index >= 15 is 0 Å². The molecule has 162 valence electrons. The number of aromatic nitrogens is 2. The van der Waals surface area contributed by atoms with Gasteiger partial charge in [-0.1, -0.05) is 37.3 Å². The van der Waals surface area contributed by atoms with Gasteiger partial charge in [-0.05, 0) is 40.8 Å². The van der Waals surface area contributed by atoms with Gasteiger partial charge >= 0.3 is 0 Å². The molecule has 0 radical (unpaired) electrons. The van der Waals surface area contributed by atoms with Crippen molar-refractivity contribution >= 4 is 22.5 Å². The molecule has 1 amide bonds. The second-order valence-electron chi connectivity index (χ2n) is 7.67. The Morgan fingerprint density at radius 2 is 1.88 bits per heavy atom. The second kappa shape index (κ2) is 9.43. The number of hydrogen-bond donors (Lipinski definition) is 2. The molecule has 0 bridgehead atoms. The number of nitro benzene ring substituents is 1. The van der Waals surface area contributed by atoms with E-state index in [0.717, 1.165) is 34.0 Å². The van der Waals surface area contributed by atoms with Gasteiger partial charge < -0.3 is 10.3 Å². The molecule has 0 aliphatic heterocycles. The molecule has 2 aromatic heterocycles. The van der Waals surface area contributed by atoms with Crippen LogP contribution in [-0.4, -0.2) is 20.8 Å². The van der Waals surface area contributed by atoms with Crippen LogP contribution in [0.2, 0.25) is 0 Å². The number of amides is 1. The molecule has 4 aromatic rings. The van der Waals surface area contributed by atoms with Crippen molar-refractivity contribution in [2.24, 2.45) is 0 Å². The third-order valence-corrected chi connectivity index (χ3v) is 5.72. The molecule has 0 aliphatic rings. The molecule has 7 heteroatoms. The lowest BCUT2D eigenvalue weighted by atomic mass is 9.87. The number of nitrogens with zero attached hydrogens (tertiary/aromatic N) is 2. The first-order valence-corrected chi connectivity index (χ1v) is 10.6. The minimum atomic E-state index is -0.417. The molecule has 0 fully saturated rings. The van der Waals surface area contributed by atoms with E-state index in [1.54, 1.807) is 24.5 Å². The number of benzene rings is 2. The third kappa shape index (κ3) is 4.51. The Balaban J connectivity index is 1.65. The van der Waals surface area contributed by atoms with Crippen LogP contribution in [0.3, 0.4) is 0 Å². The predicted molar refractivity (Wildman–Crippen MR) is 123 cm³/mol. The lowest BCUT2D eigenvalue weighted by molar-refractivity contribution is -0.384. The monoisotopic (exact) mass is 428 g/mol. The highest BCUT2D eigenvalue weighted by Crippen LogP contribution is 2.35. The Bertz CT molecular complexity index is 1230. The summed E-state index contributed by atoms with van der Waals surface area (Å²) in [5.41, 5.74) is 5.13. The van der Waals surface area contributed by atoms with Crippen LogP contribution < -0.4 is 5.32 Å². The highest BCUT2D eigenvalue weighted by atomic mass is 16.6. The Morgan fingerprint density at radius 1 is 1.12 bits per heavy atom. The third-order valence-electron chi connectivity index (χ3n) is 5.72. The summed E-state index contributed by atoms with van der Waals surface area (Å²) in [6, 6.07) is 16.3. The van der Waals surface area contributed by atoms with Gasteiger partial charge in [0, 0.05) is 60.5 Å². The van der Waals surface area contributed by atoms with Gasteiger partial charge in [0.2, 0.25) is 5.91 Å². The molecule has 0 saturated carbocycles. The van der Waals surface area contributed by atoms with Crippen LogP contribution in [0.5, 0.6) is 0 Å². The summed E-state index contributed by atoms with van der Waals surface area (Å²) in [6.45, 7) is 2.53. The van der Waals surface area contributed by atoms with Crippen LogP contribution in [0.1, 0.15) is 41.5 Å². The van der Waals surface area contributed by atoms with Crippen LogP contribution in [0.15, 0.2) is 73.2 Å². The van der Waals surface area contributed by atoms with Crippen molar-refractivity contribution in [3.63, 3.8) is 0 Å². The number of carbonyl (C=O) groups is 1. The van der Waals surface area contributed by atoms with Crippen LogP contribution in [-0.2, 0) is 17.8 Å². The van der Waals surface area contributed by atoms with Crippen molar-refractivity contribution < 1.29 is 9.72 Å². The molecule has 7 nitrogen and oxygen atoms in total. The van der Waals surface area contributed by atoms with Gasteiger partial charge in [0.1, 0.15) is 0 Å². The van der Waals surface area contributed by atoms with Gasteiger partial charge in [0.25, 0.3) is 5.69 Å². The summed E-state index contributed by atoms with van der Waals surface area (Å²) in [6.07, 6.45) is 6.46. The van der Waals surface area contributed by atoms with E-state index < -0.39 is 4.92 Å². The van der Waals surface area contributed by atoms with E-state index in [1.165, 1.54) is 17.7 Å². The van der Waals surface area contributed by atoms with E-state index in [2.05, 4.69) is 28.3 Å². The van der Waals surface area contributed by atoms with E-state index in [4.69, 9.17) is 0 Å². The lowest BCUT2D eigenvalue weighted by Crippen LogP contribution is -2.25. The normalized spacial score (nSPS) is 11.9. The Kier molecular flexibility index (Phi) is 6.26. The number of hydrogen-bond acceptors (Lipinski definition) is 4. The van der Waals surface area contributed by atoms with Gasteiger partial charge in [0.05, 0.1) is 4.92 Å². The first-order valence-electron chi connectivity index (χ1n) is 10.6. The average Bonchev–Trinajstić information content (AvgIpc) is 3.26. The van der Waals surface area contributed by atoms with Crippen molar-refractivity contribution in [3.05, 3.63) is 106 Å². The first-order chi connectivity index (χ1) is 15.6. The maximum atomic E-state index is 12.9. The van der Waals surface area contributed by atoms with Gasteiger partial charge in [-0.15, -0.1) is 0 Å². The van der Waals surface area contributed by atoms with Crippen molar-refractivity contribution in [3.8, 4) is 0 Å². The molecule has 0 saturated heterocycles. The molecule has 32 heavy (non-hydrogen) atoms. The number of nitro groups is 1. The van der Waals surface area contributed by atoms with Crippen LogP contribution in [0.4, 0.5) is 5.69 Å². The average molecular weight is 428 g/mol. The zero-order chi connectivity index (χ0) is 22.5. The second-order valence-corrected chi connectivity index (χ2v) is 7.67. The maximum absolute atomic E-state index is 12.9. The highest BCUT2D eigenvalue weighted by molar-refractivity contribution is 5.88. The zero-order valence-corrected chi connectivity index (χ0v) is 17.7. The van der Waals surface area contributed by atoms with E-state index in [0.29, 0.717) is 6.54 Å². The molecule has 2 aromatic carbocycles. The van der Waals surface area contributed by atoms with E-state index in [-0.39, 0.29) is 23.9 Å². The van der Waals surface area contributed by atoms with Gasteiger partial charge in [-0.25, -0.2) is 0 Å². The van der Waals surface area contributed by atoms with Gasteiger partial charge in [-0.3, -0.25) is 19.9 Å². The van der Waals surface area contributed by atoms with Crippen LogP contribution >= 0.6 is 0 Å². The Morgan fingerprint density at radius 3 is 2.56 bits per heavy atom. The molecule has 0 spiro atoms. The zero-order valence-electron chi connectivity index (χ0n) is 17.7. The summed E-state index contributed by atoms with van der Waals surface area (Å²) < 4.78 is 0. The Labute approximate surface area is 185 Å². The number of aryl methyl sites for hydroxylation is 1. The molecule has 2 heterocycles. The lowest BCUT2D eigenvalue weighted by Gasteiger charge is -2.17. The van der Waals surface area contributed by atoms with Gasteiger partial charge in [0.15, 0.2) is 0 Å². The summed E-state index contributed by atoms with van der Waals surface area (Å²) in [4.78, 5) is 30.9. The molecule has 2 N–H and O–H groups in total. The fourth-order valence-corrected chi connectivity index (χ4v) is 4.02. The van der Waals surface area contributed by atoms with Gasteiger partial charge in [-0.2, -0.15) is 0 Å². The SMILES string of the molecule is CCc1cccc2c([C@H](CC(=O)NCc3ccncc3)c3ccc([N+](=O)[O-])cc3)c[nH]c12. The number of fused-ring (bicyclic) bond motifs is 1. The first kappa shape index (κ1) is 21.2. The van der Waals surface area contributed by atoms with Crippen molar-refractivity contribution in [1.29, 1.82) is 0 Å². The van der Waals surface area contributed by atoms with Crippen LogP contribution in [0, 0.1) is 10.1 Å². The van der Waals surface area contributed by atoms with E-state index in [1.807, 2.05) is 30.5 Å². The molecule has 0 unspecified atom stereocenters. The number of non-ortho nitro benzene ring substituents is 1. The number of nitrogens with one attached hydrogen (secondary N) is 2. The minimum absolute atomic E-state index is 0.0295. The quantitative estimate of drug-likeness (QED) is 0.309. The fourth-order valence-electron chi connectivity index (χ4n) is 4.02. The highest BCUT2D eigenvalue weighted by Gasteiger charge is 2.22. The number of aromatic amines is 1. The summed E-state index contributed by atoms with van der Waals surface area (Å²) >= 11 is 0. The van der Waals surface area contributed by atoms with E-state index in [9.17, 15) is 14.9 Å². The fraction of sp³-hybridized carbons (Fsp3) is 0.200. The molecule has 4 rings (SSSR count). The number of para-hydroxylation sites is 1. The standard InChI is InChI=1S/C25H24N4O3/c1-2-18-4-3-5-21-23(16-28-25(18)21)22(19-6-8-20(9-7-19)29(31)32)14-24(30)27-15-17-10-12-26-13-11-17/h3-13,16,22,28H,2,14-15H2,1H3,(H,27,30)/t22-/m1/s1. The minimum Gasteiger partial charge on any atom is -0.361 e. The summed E-state index contributed by atoms with van der Waals surface area (Å²) in [5.74, 6) is -0.333. The molecular formula is C25H24N4O3. The number of carbonyl (C=O) groups excluding carboxylic acids is 1. The van der Waals surface area contributed by atoms with Crippen molar-refractivity contribution in [1.82, 2.24) is 15.3 Å². The largest absolute Gasteiger partial charge is 0.361 e. The smallest absolute Gasteiger partial charge is 0.269 e. The summed E-state index contributed by atoms with van der Waals surface area (Å²) in [5, 5.41) is 15.1. The number of H-pyrrole nitrogens is 1. The molecule has 0 aliphatic carbocycles. The summed E-state index contributed by atoms with van der Waals surface area (Å²) in [7, 11) is 0. The van der Waals surface area contributed by atoms with Crippen molar-refractivity contribution in [2.75, 3.05) is 0 Å². The topological polar surface area (TPSA) is 101 Å². The predicted octanol–water partition coefficient (Wildman–Crippen LogP) is 4.87. The van der Waals surface area contributed by atoms with Crippen molar-refractivity contribution in [2.45, 2.75) is 32.2 Å². The Hall–Kier alpha value is -4.00.